The van der Waals surface area contributed by atoms with Crippen LogP contribution in [0.2, 0.25) is 0 Å². The molecule has 0 unspecified atom stereocenters. The first-order valence-corrected chi connectivity index (χ1v) is 12.4. The molecule has 0 heterocycles. The van der Waals surface area contributed by atoms with E-state index in [0.29, 0.717) is 17.0 Å². The van der Waals surface area contributed by atoms with E-state index < -0.39 is 28.4 Å². The van der Waals surface area contributed by atoms with E-state index in [1.807, 2.05) is 19.9 Å². The first kappa shape index (κ1) is 26.4. The number of ether oxygens (including phenoxy) is 2. The summed E-state index contributed by atoms with van der Waals surface area (Å²) in [6.45, 7) is 2.97. The smallest absolute Gasteiger partial charge is 0.343 e. The Kier molecular flexibility index (Phi) is 8.80. The second-order valence-electron chi connectivity index (χ2n) is 7.77. The molecule has 3 aromatic rings. The summed E-state index contributed by atoms with van der Waals surface area (Å²) in [6, 6.07) is 19.9. The van der Waals surface area contributed by atoms with E-state index in [1.54, 1.807) is 54.6 Å². The first-order chi connectivity index (χ1) is 17.2. The standard InChI is InChI=1S/C26H27N3O6S/c1-19-9-7-14-24(20(19)2)29(36(32,33)23-12-5-4-6-13-23)17-25(30)28-27-16-21-10-8-11-22(15-21)35-18-26(31)34-3/h4-16H,17-18H2,1-3H3,(H,28,30)/b27-16+. The van der Waals surface area contributed by atoms with E-state index >= 15 is 0 Å². The van der Waals surface area contributed by atoms with Gasteiger partial charge in [0.25, 0.3) is 15.9 Å². The largest absolute Gasteiger partial charge is 0.482 e. The molecule has 0 aromatic heterocycles. The summed E-state index contributed by atoms with van der Waals surface area (Å²) >= 11 is 0. The number of amides is 1. The number of carbonyl (C=O) groups is 2. The number of methoxy groups -OCH3 is 1. The average molecular weight is 510 g/mol. The highest BCUT2D eigenvalue weighted by Gasteiger charge is 2.28. The maximum absolute atomic E-state index is 13.5. The maximum Gasteiger partial charge on any atom is 0.343 e. The minimum Gasteiger partial charge on any atom is -0.482 e. The molecule has 0 aliphatic carbocycles. The molecule has 188 valence electrons. The summed E-state index contributed by atoms with van der Waals surface area (Å²) in [6.07, 6.45) is 1.39. The minimum atomic E-state index is -4.02. The topological polar surface area (TPSA) is 114 Å². The van der Waals surface area contributed by atoms with Crippen molar-refractivity contribution < 1.29 is 27.5 Å². The van der Waals surface area contributed by atoms with Crippen molar-refractivity contribution in [3.05, 3.63) is 89.5 Å². The number of aryl methyl sites for hydroxylation is 1. The molecule has 0 spiro atoms. The third-order valence-electron chi connectivity index (χ3n) is 5.31. The molecule has 36 heavy (non-hydrogen) atoms. The Morgan fingerprint density at radius 2 is 1.72 bits per heavy atom. The summed E-state index contributed by atoms with van der Waals surface area (Å²) < 4.78 is 37.9. The fraction of sp³-hybridized carbons (Fsp3) is 0.192. The molecule has 0 bridgehead atoms. The quantitative estimate of drug-likeness (QED) is 0.255. The van der Waals surface area contributed by atoms with Crippen molar-refractivity contribution in [1.82, 2.24) is 5.43 Å². The van der Waals surface area contributed by atoms with Gasteiger partial charge >= 0.3 is 5.97 Å². The van der Waals surface area contributed by atoms with Crippen LogP contribution in [0.15, 0.2) is 82.8 Å². The molecule has 3 rings (SSSR count). The van der Waals surface area contributed by atoms with Crippen LogP contribution in [0.5, 0.6) is 5.75 Å². The molecule has 0 radical (unpaired) electrons. The van der Waals surface area contributed by atoms with Crippen LogP contribution < -0.4 is 14.5 Å². The Hall–Kier alpha value is -4.18. The molecule has 0 saturated carbocycles. The van der Waals surface area contributed by atoms with Gasteiger partial charge in [0.1, 0.15) is 12.3 Å². The maximum atomic E-state index is 13.5. The number of hydrazone groups is 1. The molecular formula is C26H27N3O6S. The van der Waals surface area contributed by atoms with Crippen LogP contribution in [0.25, 0.3) is 0 Å². The molecular weight excluding hydrogens is 482 g/mol. The summed E-state index contributed by atoms with van der Waals surface area (Å²) in [4.78, 5) is 24.1. The molecule has 1 N–H and O–H groups in total. The molecule has 1 amide bonds. The van der Waals surface area contributed by atoms with Gasteiger partial charge in [-0.3, -0.25) is 9.10 Å². The Morgan fingerprint density at radius 1 is 1.00 bits per heavy atom. The van der Waals surface area contributed by atoms with E-state index in [-0.39, 0.29) is 11.5 Å². The van der Waals surface area contributed by atoms with Gasteiger partial charge in [-0.1, -0.05) is 42.5 Å². The van der Waals surface area contributed by atoms with Crippen LogP contribution in [-0.4, -0.2) is 46.8 Å². The van der Waals surface area contributed by atoms with Crippen molar-refractivity contribution >= 4 is 33.8 Å². The number of nitrogens with one attached hydrogen (secondary N) is 1. The van der Waals surface area contributed by atoms with Crippen LogP contribution in [0, 0.1) is 13.8 Å². The zero-order chi connectivity index (χ0) is 26.1. The van der Waals surface area contributed by atoms with E-state index in [1.165, 1.54) is 25.5 Å². The summed E-state index contributed by atoms with van der Waals surface area (Å²) in [5, 5.41) is 3.94. The van der Waals surface area contributed by atoms with Crippen molar-refractivity contribution in [1.29, 1.82) is 0 Å². The summed E-state index contributed by atoms with van der Waals surface area (Å²) in [5.74, 6) is -0.712. The number of nitrogens with zero attached hydrogens (tertiary/aromatic N) is 2. The molecule has 0 atom stereocenters. The summed E-state index contributed by atoms with van der Waals surface area (Å²) in [7, 11) is -2.75. The number of rotatable bonds is 10. The van der Waals surface area contributed by atoms with Gasteiger partial charge in [0, 0.05) is 0 Å². The highest BCUT2D eigenvalue weighted by Crippen LogP contribution is 2.28. The van der Waals surface area contributed by atoms with Gasteiger partial charge in [0.2, 0.25) is 0 Å². The van der Waals surface area contributed by atoms with Gasteiger partial charge in [0.05, 0.1) is 23.9 Å². The highest BCUT2D eigenvalue weighted by atomic mass is 32.2. The van der Waals surface area contributed by atoms with Crippen molar-refractivity contribution in [3.63, 3.8) is 0 Å². The zero-order valence-electron chi connectivity index (χ0n) is 20.2. The third kappa shape index (κ3) is 6.70. The van der Waals surface area contributed by atoms with Gasteiger partial charge in [-0.2, -0.15) is 5.10 Å². The third-order valence-corrected chi connectivity index (χ3v) is 7.08. The molecule has 0 fully saturated rings. The second-order valence-corrected chi connectivity index (χ2v) is 9.64. The number of esters is 1. The van der Waals surface area contributed by atoms with Crippen LogP contribution in [0.3, 0.4) is 0 Å². The van der Waals surface area contributed by atoms with Crippen molar-refractivity contribution in [2.75, 3.05) is 24.6 Å². The van der Waals surface area contributed by atoms with Gasteiger partial charge in [-0.15, -0.1) is 0 Å². The van der Waals surface area contributed by atoms with Crippen molar-refractivity contribution in [2.24, 2.45) is 5.10 Å². The van der Waals surface area contributed by atoms with Gasteiger partial charge in [-0.05, 0) is 60.9 Å². The molecule has 3 aromatic carbocycles. The normalized spacial score (nSPS) is 11.2. The number of anilines is 1. The molecule has 9 nitrogen and oxygen atoms in total. The lowest BCUT2D eigenvalue weighted by molar-refractivity contribution is -0.142. The van der Waals surface area contributed by atoms with E-state index in [0.717, 1.165) is 15.4 Å². The lowest BCUT2D eigenvalue weighted by Gasteiger charge is -2.26. The van der Waals surface area contributed by atoms with E-state index in [4.69, 9.17) is 4.74 Å². The zero-order valence-corrected chi connectivity index (χ0v) is 21.0. The Balaban J connectivity index is 1.77. The van der Waals surface area contributed by atoms with Crippen LogP contribution in [0.4, 0.5) is 5.69 Å². The first-order valence-electron chi connectivity index (χ1n) is 11.0. The minimum absolute atomic E-state index is 0.0750. The lowest BCUT2D eigenvalue weighted by atomic mass is 10.1. The SMILES string of the molecule is COC(=O)COc1cccc(/C=N/NC(=O)CN(c2cccc(C)c2C)S(=O)(=O)c2ccccc2)c1. The summed E-state index contributed by atoms with van der Waals surface area (Å²) in [5.41, 5.74) is 5.03. The number of hydrogen-bond acceptors (Lipinski definition) is 7. The number of sulfonamides is 1. The monoisotopic (exact) mass is 509 g/mol. The van der Waals surface area contributed by atoms with Crippen LogP contribution in [0.1, 0.15) is 16.7 Å². The predicted octanol–water partition coefficient (Wildman–Crippen LogP) is 3.20. The van der Waals surface area contributed by atoms with Crippen molar-refractivity contribution in [2.45, 2.75) is 18.7 Å². The van der Waals surface area contributed by atoms with E-state index in [2.05, 4.69) is 15.3 Å². The van der Waals surface area contributed by atoms with Gasteiger partial charge in [0.15, 0.2) is 6.61 Å². The van der Waals surface area contributed by atoms with Crippen LogP contribution in [-0.2, 0) is 24.3 Å². The molecule has 0 aliphatic heterocycles. The second kappa shape index (κ2) is 12.0. The average Bonchev–Trinajstić information content (AvgIpc) is 2.88. The van der Waals surface area contributed by atoms with Gasteiger partial charge in [-0.25, -0.2) is 18.6 Å². The number of hydrogen-bond donors (Lipinski definition) is 1. The van der Waals surface area contributed by atoms with Crippen molar-refractivity contribution in [3.8, 4) is 5.75 Å². The van der Waals surface area contributed by atoms with Gasteiger partial charge < -0.3 is 9.47 Å². The predicted molar refractivity (Wildman–Crippen MR) is 137 cm³/mol. The fourth-order valence-electron chi connectivity index (χ4n) is 3.26. The molecule has 0 saturated heterocycles. The van der Waals surface area contributed by atoms with E-state index in [9.17, 15) is 18.0 Å². The lowest BCUT2D eigenvalue weighted by Crippen LogP contribution is -2.40. The fourth-order valence-corrected chi connectivity index (χ4v) is 4.76. The number of carbonyl (C=O) groups excluding carboxylic acids is 2. The Bertz CT molecular complexity index is 1360. The van der Waals surface area contributed by atoms with Crippen LogP contribution >= 0.6 is 0 Å². The molecule has 10 heteroatoms. The number of benzene rings is 3. The highest BCUT2D eigenvalue weighted by molar-refractivity contribution is 7.92. The Morgan fingerprint density at radius 3 is 2.44 bits per heavy atom. The molecule has 0 aliphatic rings. The Labute approximate surface area is 210 Å².